The SMILES string of the molecule is CCn1c(=O)c(C=NC2CCCCC2)c(O)c2ccccc21. The summed E-state index contributed by atoms with van der Waals surface area (Å²) in [6.07, 6.45) is 7.41. The summed E-state index contributed by atoms with van der Waals surface area (Å²) in [5.74, 6) is 0.0462. The first-order valence-corrected chi connectivity index (χ1v) is 8.10. The van der Waals surface area contributed by atoms with Gasteiger partial charge in [-0.2, -0.15) is 0 Å². The van der Waals surface area contributed by atoms with Crippen LogP contribution < -0.4 is 5.56 Å². The lowest BCUT2D eigenvalue weighted by Crippen LogP contribution is -2.24. The molecule has 4 nitrogen and oxygen atoms in total. The van der Waals surface area contributed by atoms with Crippen LogP contribution in [0.4, 0.5) is 0 Å². The molecule has 22 heavy (non-hydrogen) atoms. The van der Waals surface area contributed by atoms with E-state index in [-0.39, 0.29) is 17.4 Å². The van der Waals surface area contributed by atoms with Gasteiger partial charge in [0.15, 0.2) is 0 Å². The molecule has 1 aliphatic rings. The molecule has 0 saturated heterocycles. The van der Waals surface area contributed by atoms with E-state index >= 15 is 0 Å². The fraction of sp³-hybridized carbons (Fsp3) is 0.444. The molecule has 0 radical (unpaired) electrons. The maximum absolute atomic E-state index is 12.6. The van der Waals surface area contributed by atoms with E-state index in [1.54, 1.807) is 10.8 Å². The van der Waals surface area contributed by atoms with E-state index in [2.05, 4.69) is 4.99 Å². The molecule has 1 N–H and O–H groups in total. The molecule has 1 heterocycles. The highest BCUT2D eigenvalue weighted by Gasteiger charge is 2.15. The third kappa shape index (κ3) is 2.65. The Bertz CT molecular complexity index is 756. The molecule has 0 amide bonds. The second-order valence-corrected chi connectivity index (χ2v) is 5.90. The molecule has 1 aliphatic carbocycles. The minimum Gasteiger partial charge on any atom is -0.506 e. The molecule has 0 spiro atoms. The van der Waals surface area contributed by atoms with Crippen LogP contribution >= 0.6 is 0 Å². The number of hydrogen-bond acceptors (Lipinski definition) is 3. The van der Waals surface area contributed by atoms with Gasteiger partial charge in [-0.1, -0.05) is 31.4 Å². The van der Waals surface area contributed by atoms with Crippen LogP contribution in [0.25, 0.3) is 10.9 Å². The van der Waals surface area contributed by atoms with Crippen LogP contribution in [-0.4, -0.2) is 21.9 Å². The number of nitrogens with zero attached hydrogens (tertiary/aromatic N) is 2. The van der Waals surface area contributed by atoms with E-state index < -0.39 is 0 Å². The monoisotopic (exact) mass is 298 g/mol. The Morgan fingerprint density at radius 3 is 2.73 bits per heavy atom. The van der Waals surface area contributed by atoms with Gasteiger partial charge < -0.3 is 9.67 Å². The summed E-state index contributed by atoms with van der Waals surface area (Å²) in [4.78, 5) is 17.2. The van der Waals surface area contributed by atoms with E-state index in [1.165, 1.54) is 19.3 Å². The van der Waals surface area contributed by atoms with E-state index in [1.807, 2.05) is 31.2 Å². The molecule has 0 atom stereocenters. The number of para-hydroxylation sites is 1. The number of pyridine rings is 1. The molecule has 3 rings (SSSR count). The Morgan fingerprint density at radius 1 is 1.27 bits per heavy atom. The van der Waals surface area contributed by atoms with Crippen molar-refractivity contribution in [2.45, 2.75) is 51.6 Å². The topological polar surface area (TPSA) is 54.6 Å². The van der Waals surface area contributed by atoms with Gasteiger partial charge in [-0.25, -0.2) is 0 Å². The lowest BCUT2D eigenvalue weighted by molar-refractivity contribution is 0.444. The first-order chi connectivity index (χ1) is 10.7. The molecule has 0 unspecified atom stereocenters. The third-order valence-corrected chi connectivity index (χ3v) is 4.49. The van der Waals surface area contributed by atoms with Gasteiger partial charge in [0.1, 0.15) is 11.3 Å². The Labute approximate surface area is 130 Å². The molecule has 4 heteroatoms. The first kappa shape index (κ1) is 14.8. The summed E-state index contributed by atoms with van der Waals surface area (Å²) < 4.78 is 1.69. The Morgan fingerprint density at radius 2 is 2.00 bits per heavy atom. The van der Waals surface area contributed by atoms with Crippen LogP contribution in [0.15, 0.2) is 34.1 Å². The zero-order chi connectivity index (χ0) is 15.5. The number of aryl methyl sites for hydroxylation is 1. The molecular weight excluding hydrogens is 276 g/mol. The Kier molecular flexibility index (Phi) is 4.27. The molecule has 116 valence electrons. The Balaban J connectivity index is 2.09. The van der Waals surface area contributed by atoms with Gasteiger partial charge in [0.05, 0.1) is 5.52 Å². The fourth-order valence-corrected chi connectivity index (χ4v) is 3.25. The van der Waals surface area contributed by atoms with Gasteiger partial charge in [-0.05, 0) is 31.9 Å². The fourth-order valence-electron chi connectivity index (χ4n) is 3.25. The zero-order valence-corrected chi connectivity index (χ0v) is 13.0. The van der Waals surface area contributed by atoms with Crippen molar-refractivity contribution in [3.8, 4) is 5.75 Å². The van der Waals surface area contributed by atoms with Gasteiger partial charge in [0.2, 0.25) is 0 Å². The highest BCUT2D eigenvalue weighted by molar-refractivity contribution is 5.95. The number of benzene rings is 1. The van der Waals surface area contributed by atoms with Crippen LogP contribution in [0.2, 0.25) is 0 Å². The first-order valence-electron chi connectivity index (χ1n) is 8.10. The maximum atomic E-state index is 12.6. The standard InChI is InChI=1S/C18H22N2O2/c1-2-20-16-11-7-6-10-14(16)17(21)15(18(20)22)12-19-13-8-4-3-5-9-13/h6-7,10-13,21H,2-5,8-9H2,1H3. The van der Waals surface area contributed by atoms with Crippen molar-refractivity contribution in [2.24, 2.45) is 4.99 Å². The molecule has 1 aromatic heterocycles. The highest BCUT2D eigenvalue weighted by atomic mass is 16.3. The predicted octanol–water partition coefficient (Wildman–Crippen LogP) is 3.48. The lowest BCUT2D eigenvalue weighted by Gasteiger charge is -2.17. The van der Waals surface area contributed by atoms with Crippen LogP contribution in [0.1, 0.15) is 44.6 Å². The van der Waals surface area contributed by atoms with Gasteiger partial charge >= 0.3 is 0 Å². The molecular formula is C18H22N2O2. The quantitative estimate of drug-likeness (QED) is 0.882. The minimum absolute atomic E-state index is 0.0462. The number of aliphatic imine (C=N–C) groups is 1. The van der Waals surface area contributed by atoms with Crippen molar-refractivity contribution >= 4 is 17.1 Å². The van der Waals surface area contributed by atoms with Crippen molar-refractivity contribution < 1.29 is 5.11 Å². The summed E-state index contributed by atoms with van der Waals surface area (Å²) in [6, 6.07) is 7.74. The number of rotatable bonds is 3. The Hall–Kier alpha value is -2.10. The van der Waals surface area contributed by atoms with Crippen molar-refractivity contribution in [3.63, 3.8) is 0 Å². The van der Waals surface area contributed by atoms with E-state index in [0.717, 1.165) is 18.4 Å². The minimum atomic E-state index is -0.168. The maximum Gasteiger partial charge on any atom is 0.263 e. The predicted molar refractivity (Wildman–Crippen MR) is 90.0 cm³/mol. The van der Waals surface area contributed by atoms with Crippen molar-refractivity contribution in [3.05, 3.63) is 40.2 Å². The molecule has 1 aromatic carbocycles. The second-order valence-electron chi connectivity index (χ2n) is 5.90. The number of aromatic nitrogens is 1. The summed E-state index contributed by atoms with van der Waals surface area (Å²) in [6.45, 7) is 2.51. The van der Waals surface area contributed by atoms with Gasteiger partial charge in [-0.3, -0.25) is 9.79 Å². The molecule has 2 aromatic rings. The number of aromatic hydroxyl groups is 1. The van der Waals surface area contributed by atoms with Crippen molar-refractivity contribution in [1.82, 2.24) is 4.57 Å². The lowest BCUT2D eigenvalue weighted by atomic mass is 9.96. The summed E-state index contributed by atoms with van der Waals surface area (Å²) in [7, 11) is 0. The largest absolute Gasteiger partial charge is 0.506 e. The zero-order valence-electron chi connectivity index (χ0n) is 13.0. The van der Waals surface area contributed by atoms with Crippen molar-refractivity contribution in [1.29, 1.82) is 0 Å². The molecule has 1 saturated carbocycles. The molecule has 0 aliphatic heterocycles. The van der Waals surface area contributed by atoms with Crippen LogP contribution in [0.3, 0.4) is 0 Å². The average Bonchev–Trinajstić information content (AvgIpc) is 2.56. The van der Waals surface area contributed by atoms with E-state index in [9.17, 15) is 9.90 Å². The number of hydrogen-bond donors (Lipinski definition) is 1. The molecule has 0 bridgehead atoms. The van der Waals surface area contributed by atoms with Gasteiger partial charge in [0, 0.05) is 24.2 Å². The highest BCUT2D eigenvalue weighted by Crippen LogP contribution is 2.26. The van der Waals surface area contributed by atoms with Gasteiger partial charge in [0.25, 0.3) is 5.56 Å². The van der Waals surface area contributed by atoms with Crippen LogP contribution in [0, 0.1) is 0 Å². The van der Waals surface area contributed by atoms with Gasteiger partial charge in [-0.15, -0.1) is 0 Å². The number of fused-ring (bicyclic) bond motifs is 1. The van der Waals surface area contributed by atoms with Crippen LogP contribution in [-0.2, 0) is 6.54 Å². The van der Waals surface area contributed by atoms with E-state index in [0.29, 0.717) is 17.5 Å². The van der Waals surface area contributed by atoms with E-state index in [4.69, 9.17) is 0 Å². The van der Waals surface area contributed by atoms with Crippen molar-refractivity contribution in [2.75, 3.05) is 0 Å². The van der Waals surface area contributed by atoms with Crippen LogP contribution in [0.5, 0.6) is 5.75 Å². The smallest absolute Gasteiger partial charge is 0.263 e. The second kappa shape index (κ2) is 6.34. The summed E-state index contributed by atoms with van der Waals surface area (Å²) in [5.41, 5.74) is 0.909. The third-order valence-electron chi connectivity index (χ3n) is 4.49. The summed E-state index contributed by atoms with van der Waals surface area (Å²) >= 11 is 0. The average molecular weight is 298 g/mol. The summed E-state index contributed by atoms with van der Waals surface area (Å²) in [5, 5.41) is 11.2. The normalized spacial score (nSPS) is 16.6. The molecule has 1 fully saturated rings.